The Kier molecular flexibility index (Phi) is 17.6. The van der Waals surface area contributed by atoms with Gasteiger partial charge in [-0.3, -0.25) is 0 Å². The Labute approximate surface area is 622 Å². The third-order valence-corrected chi connectivity index (χ3v) is 24.0. The van der Waals surface area contributed by atoms with Crippen molar-refractivity contribution in [3.8, 4) is 97.4 Å². The maximum absolute atomic E-state index is 2.35. The SMILES string of the molecule is c1ccc(-c2cc3ccc(-c4ccc(N(c5ccccc5)c5ccc(-c6ccc7cc(-c8ccccc8)sc7c6)cc5)cc4)cc3s2)cc1.c1ccc(-c2ccc(N(c3ccc(-c4ccc5cc(-c6ccccc6)sc5c4)cc3)c3ccc(-c4ccc5cc(-c6ccccc6)sc5c4)cc3)cc2)cc1. The first-order valence-electron chi connectivity index (χ1n) is 35.1. The largest absolute Gasteiger partial charge is 0.311 e. The van der Waals surface area contributed by atoms with Gasteiger partial charge in [0.2, 0.25) is 0 Å². The Morgan fingerprint density at radius 2 is 0.308 bits per heavy atom. The fraction of sp³-hybridized carbons (Fsp3) is 0. The number of nitrogens with zero attached hydrogens (tertiary/aromatic N) is 2. The maximum Gasteiger partial charge on any atom is 0.0462 e. The topological polar surface area (TPSA) is 6.48 Å². The lowest BCUT2D eigenvalue weighted by atomic mass is 10.0. The Bertz CT molecular complexity index is 5830. The minimum absolute atomic E-state index is 1.11. The lowest BCUT2D eigenvalue weighted by molar-refractivity contribution is 1.28. The molecule has 19 aromatic rings. The molecule has 2 nitrogen and oxygen atoms in total. The molecule has 0 radical (unpaired) electrons. The summed E-state index contributed by atoms with van der Waals surface area (Å²) in [4.78, 5) is 9.89. The monoisotopic (exact) mass is 1400 g/mol. The molecule has 0 aliphatic rings. The Morgan fingerprint density at radius 1 is 0.135 bits per heavy atom. The summed E-state index contributed by atoms with van der Waals surface area (Å²) in [6.45, 7) is 0. The number of rotatable bonds is 15. The quantitative estimate of drug-likeness (QED) is 0.101. The molecular weight excluding hydrogens is 1330 g/mol. The zero-order valence-electron chi connectivity index (χ0n) is 56.6. The number of hydrogen-bond acceptors (Lipinski definition) is 6. The Balaban J connectivity index is 0.000000149. The van der Waals surface area contributed by atoms with E-state index in [9.17, 15) is 0 Å². The second kappa shape index (κ2) is 28.6. The van der Waals surface area contributed by atoms with Crippen LogP contribution in [-0.4, -0.2) is 0 Å². The number of thiophene rings is 4. The van der Waals surface area contributed by atoms with Gasteiger partial charge < -0.3 is 9.80 Å². The molecule has 6 heteroatoms. The van der Waals surface area contributed by atoms with Crippen LogP contribution in [0.4, 0.5) is 34.1 Å². The van der Waals surface area contributed by atoms with E-state index >= 15 is 0 Å². The summed E-state index contributed by atoms with van der Waals surface area (Å²) in [6, 6.07) is 145. The van der Waals surface area contributed by atoms with Gasteiger partial charge in [0, 0.05) is 72.4 Å². The van der Waals surface area contributed by atoms with Gasteiger partial charge in [0.15, 0.2) is 0 Å². The van der Waals surface area contributed by atoms with Gasteiger partial charge in [0.05, 0.1) is 0 Å². The van der Waals surface area contributed by atoms with Crippen molar-refractivity contribution in [1.82, 2.24) is 0 Å². The van der Waals surface area contributed by atoms with E-state index in [0.717, 1.165) is 34.1 Å². The standard InChI is InChI=1S/C52H35NS2.C46H31NS2/c1-4-10-36(11-5-1)37-20-26-46(27-21-37)53(47-28-22-38(23-29-47)42-16-18-44-34-49(54-51(44)32-42)40-12-6-2-7-13-40)48-30-24-39(25-31-48)43-17-19-45-35-50(55-52(45)33-43)41-14-8-3-9-15-41;1-4-10-34(11-5-1)43-30-38-18-16-36(28-45(38)48-43)32-20-24-41(25-21-32)47(40-14-8-3-9-15-40)42-26-22-33(23-27-42)37-17-19-39-31-44(49-46(39)29-37)35-12-6-2-7-13-35/h1-35H;1-31H. The molecule has 492 valence electrons. The minimum Gasteiger partial charge on any atom is -0.311 e. The normalized spacial score (nSPS) is 11.3. The first-order chi connectivity index (χ1) is 51.5. The molecule has 0 unspecified atom stereocenters. The van der Waals surface area contributed by atoms with Gasteiger partial charge in [-0.2, -0.15) is 0 Å². The van der Waals surface area contributed by atoms with Crippen LogP contribution < -0.4 is 9.80 Å². The summed E-state index contributed by atoms with van der Waals surface area (Å²) in [5, 5.41) is 5.14. The first kappa shape index (κ1) is 63.9. The summed E-state index contributed by atoms with van der Waals surface area (Å²) >= 11 is 7.42. The van der Waals surface area contributed by atoms with E-state index in [2.05, 4.69) is 410 Å². The van der Waals surface area contributed by atoms with Crippen molar-refractivity contribution in [2.45, 2.75) is 0 Å². The van der Waals surface area contributed by atoms with Crippen LogP contribution >= 0.6 is 45.3 Å². The fourth-order valence-corrected chi connectivity index (χ4v) is 18.4. The zero-order chi connectivity index (χ0) is 69.1. The molecule has 0 bridgehead atoms. The highest BCUT2D eigenvalue weighted by Crippen LogP contribution is 2.44. The van der Waals surface area contributed by atoms with E-state index < -0.39 is 0 Å². The van der Waals surface area contributed by atoms with Gasteiger partial charge in [0.25, 0.3) is 0 Å². The van der Waals surface area contributed by atoms with Crippen LogP contribution in [0.15, 0.2) is 400 Å². The molecule has 0 N–H and O–H groups in total. The van der Waals surface area contributed by atoms with E-state index in [1.165, 1.54) is 138 Å². The summed E-state index contributed by atoms with van der Waals surface area (Å²) in [6.07, 6.45) is 0. The van der Waals surface area contributed by atoms with Gasteiger partial charge in [-0.25, -0.2) is 0 Å². The smallest absolute Gasteiger partial charge is 0.0462 e. The average molecular weight is 1400 g/mol. The van der Waals surface area contributed by atoms with Crippen molar-refractivity contribution in [1.29, 1.82) is 0 Å². The molecule has 4 aromatic heterocycles. The van der Waals surface area contributed by atoms with Crippen LogP contribution in [0.1, 0.15) is 0 Å². The third-order valence-electron chi connectivity index (χ3n) is 19.4. The fourth-order valence-electron chi connectivity index (χ4n) is 13.9. The summed E-state index contributed by atoms with van der Waals surface area (Å²) in [7, 11) is 0. The highest BCUT2D eigenvalue weighted by Gasteiger charge is 2.18. The summed E-state index contributed by atoms with van der Waals surface area (Å²) in [5.74, 6) is 0. The molecular formula is C98H66N2S4. The average Bonchev–Trinajstić information content (AvgIpc) is 1.07. The van der Waals surface area contributed by atoms with Crippen LogP contribution in [0.5, 0.6) is 0 Å². The van der Waals surface area contributed by atoms with Crippen LogP contribution in [-0.2, 0) is 0 Å². The van der Waals surface area contributed by atoms with Gasteiger partial charge in [-0.15, -0.1) is 45.3 Å². The molecule has 0 saturated heterocycles. The second-order valence-corrected chi connectivity index (χ2v) is 30.4. The molecule has 0 atom stereocenters. The molecule has 4 heterocycles. The van der Waals surface area contributed by atoms with Crippen molar-refractivity contribution in [2.24, 2.45) is 0 Å². The molecule has 0 aliphatic heterocycles. The van der Waals surface area contributed by atoms with Crippen LogP contribution in [0, 0.1) is 0 Å². The number of benzene rings is 15. The second-order valence-electron chi connectivity index (χ2n) is 26.0. The van der Waals surface area contributed by atoms with E-state index in [0.29, 0.717) is 0 Å². The van der Waals surface area contributed by atoms with E-state index in [-0.39, 0.29) is 0 Å². The number of hydrogen-bond donors (Lipinski definition) is 0. The summed E-state index contributed by atoms with van der Waals surface area (Å²) < 4.78 is 5.22. The van der Waals surface area contributed by atoms with Gasteiger partial charge in [-0.05, 0) is 221 Å². The van der Waals surface area contributed by atoms with Crippen molar-refractivity contribution in [3.63, 3.8) is 0 Å². The van der Waals surface area contributed by atoms with Crippen molar-refractivity contribution in [3.05, 3.63) is 400 Å². The van der Waals surface area contributed by atoms with Crippen LogP contribution in [0.3, 0.4) is 0 Å². The molecule has 19 rings (SSSR count). The van der Waals surface area contributed by atoms with Gasteiger partial charge >= 0.3 is 0 Å². The summed E-state index contributed by atoms with van der Waals surface area (Å²) in [5.41, 5.74) is 23.9. The molecule has 15 aromatic carbocycles. The predicted molar refractivity (Wildman–Crippen MR) is 453 cm³/mol. The molecule has 104 heavy (non-hydrogen) atoms. The number of anilines is 6. The number of fused-ring (bicyclic) bond motifs is 4. The van der Waals surface area contributed by atoms with Crippen molar-refractivity contribution in [2.75, 3.05) is 9.80 Å². The highest BCUT2D eigenvalue weighted by molar-refractivity contribution is 7.23. The number of para-hydroxylation sites is 1. The lowest BCUT2D eigenvalue weighted by Crippen LogP contribution is -2.09. The molecule has 0 saturated carbocycles. The van der Waals surface area contributed by atoms with Gasteiger partial charge in [-0.1, -0.05) is 279 Å². The third kappa shape index (κ3) is 13.4. The molecule has 0 amide bonds. The van der Waals surface area contributed by atoms with Crippen molar-refractivity contribution >= 4 is 120 Å². The Hall–Kier alpha value is -12.3. The molecule has 0 fully saturated rings. The van der Waals surface area contributed by atoms with E-state index in [1.807, 2.05) is 45.3 Å². The van der Waals surface area contributed by atoms with Crippen molar-refractivity contribution < 1.29 is 0 Å². The van der Waals surface area contributed by atoms with Crippen LogP contribution in [0.2, 0.25) is 0 Å². The Morgan fingerprint density at radius 3 is 0.538 bits per heavy atom. The van der Waals surface area contributed by atoms with E-state index in [1.54, 1.807) is 0 Å². The molecule has 0 spiro atoms. The predicted octanol–water partition coefficient (Wildman–Crippen LogP) is 30.2. The minimum atomic E-state index is 1.11. The van der Waals surface area contributed by atoms with Crippen LogP contribution in [0.25, 0.3) is 138 Å². The first-order valence-corrected chi connectivity index (χ1v) is 38.3. The zero-order valence-corrected chi connectivity index (χ0v) is 59.9. The van der Waals surface area contributed by atoms with E-state index in [4.69, 9.17) is 0 Å². The maximum atomic E-state index is 2.35. The van der Waals surface area contributed by atoms with Gasteiger partial charge in [0.1, 0.15) is 0 Å². The highest BCUT2D eigenvalue weighted by atomic mass is 32.1. The lowest BCUT2D eigenvalue weighted by Gasteiger charge is -2.26. The molecule has 0 aliphatic carbocycles.